The summed E-state index contributed by atoms with van der Waals surface area (Å²) in [5.41, 5.74) is 2.46. The third-order valence-corrected chi connectivity index (χ3v) is 4.83. The molecule has 0 saturated heterocycles. The Bertz CT molecular complexity index is 668. The number of aromatic nitrogens is 2. The van der Waals surface area contributed by atoms with Crippen molar-refractivity contribution in [3.05, 3.63) is 39.6 Å². The summed E-state index contributed by atoms with van der Waals surface area (Å²) >= 11 is 1.76. The van der Waals surface area contributed by atoms with Crippen molar-refractivity contribution in [2.24, 2.45) is 12.0 Å². The first kappa shape index (κ1) is 17.5. The number of nitrogens with zero attached hydrogens (tertiary/aromatic N) is 4. The van der Waals surface area contributed by atoms with Crippen LogP contribution in [0.2, 0.25) is 0 Å². The molecule has 2 rings (SSSR count). The van der Waals surface area contributed by atoms with Crippen LogP contribution in [-0.2, 0) is 20.1 Å². The van der Waals surface area contributed by atoms with Crippen molar-refractivity contribution in [1.82, 2.24) is 19.8 Å². The molecule has 23 heavy (non-hydrogen) atoms. The lowest BCUT2D eigenvalue weighted by Gasteiger charge is -2.22. The predicted octanol–water partition coefficient (Wildman–Crippen LogP) is 3.12. The van der Waals surface area contributed by atoms with E-state index in [1.165, 1.54) is 16.3 Å². The number of hydrogen-bond donors (Lipinski definition) is 1. The van der Waals surface area contributed by atoms with Gasteiger partial charge in [0.15, 0.2) is 5.96 Å². The van der Waals surface area contributed by atoms with Gasteiger partial charge in [-0.25, -0.2) is 4.98 Å². The Morgan fingerprint density at radius 1 is 1.48 bits per heavy atom. The van der Waals surface area contributed by atoms with E-state index in [1.807, 2.05) is 7.05 Å². The first-order valence-electron chi connectivity index (χ1n) is 7.90. The molecular formula is C17H27N5S. The molecule has 0 atom stereocenters. The fraction of sp³-hybridized carbons (Fsp3) is 0.529. The fourth-order valence-electron chi connectivity index (χ4n) is 2.59. The SMILES string of the molecule is CN=C(NCc1nc(C(C)C)c(C)s1)N(C)Cc1cccn1C. The highest BCUT2D eigenvalue weighted by Gasteiger charge is 2.13. The zero-order valence-electron chi connectivity index (χ0n) is 14.9. The summed E-state index contributed by atoms with van der Waals surface area (Å²) in [6.07, 6.45) is 2.06. The molecule has 0 aromatic carbocycles. The lowest BCUT2D eigenvalue weighted by molar-refractivity contribution is 0.461. The molecule has 2 aromatic heterocycles. The zero-order valence-corrected chi connectivity index (χ0v) is 15.7. The second-order valence-electron chi connectivity index (χ2n) is 6.07. The Labute approximate surface area is 143 Å². The summed E-state index contributed by atoms with van der Waals surface area (Å²) < 4.78 is 2.13. The molecule has 0 radical (unpaired) electrons. The fourth-order valence-corrected chi connectivity index (χ4v) is 3.62. The number of aryl methyl sites for hydroxylation is 2. The molecule has 0 bridgehead atoms. The van der Waals surface area contributed by atoms with Gasteiger partial charge in [-0.3, -0.25) is 4.99 Å². The van der Waals surface area contributed by atoms with Crippen LogP contribution < -0.4 is 5.32 Å². The van der Waals surface area contributed by atoms with Crippen LogP contribution in [0.3, 0.4) is 0 Å². The van der Waals surface area contributed by atoms with E-state index in [2.05, 4.69) is 73.0 Å². The molecule has 0 aliphatic heterocycles. The molecule has 0 fully saturated rings. The maximum atomic E-state index is 4.74. The average Bonchev–Trinajstić information content (AvgIpc) is 3.06. The smallest absolute Gasteiger partial charge is 0.194 e. The van der Waals surface area contributed by atoms with Crippen LogP contribution in [0, 0.1) is 6.92 Å². The standard InChI is InChI=1S/C17H27N5S/c1-12(2)16-13(3)23-15(20-16)10-19-17(18-4)22(6)11-14-8-7-9-21(14)5/h7-9,12H,10-11H2,1-6H3,(H,18,19). The van der Waals surface area contributed by atoms with Gasteiger partial charge in [0.2, 0.25) is 0 Å². The molecular weight excluding hydrogens is 306 g/mol. The lowest BCUT2D eigenvalue weighted by Crippen LogP contribution is -2.38. The van der Waals surface area contributed by atoms with E-state index < -0.39 is 0 Å². The Kier molecular flexibility index (Phi) is 5.82. The zero-order chi connectivity index (χ0) is 17.0. The molecule has 1 N–H and O–H groups in total. The van der Waals surface area contributed by atoms with Crippen LogP contribution in [-0.4, -0.2) is 34.5 Å². The molecule has 0 saturated carbocycles. The topological polar surface area (TPSA) is 45.5 Å². The number of aliphatic imine (C=N–C) groups is 1. The van der Waals surface area contributed by atoms with Crippen LogP contribution in [0.4, 0.5) is 0 Å². The third kappa shape index (κ3) is 4.34. The van der Waals surface area contributed by atoms with Gasteiger partial charge in [0.05, 0.1) is 18.8 Å². The Balaban J connectivity index is 1.97. The van der Waals surface area contributed by atoms with E-state index in [-0.39, 0.29) is 0 Å². The van der Waals surface area contributed by atoms with Crippen molar-refractivity contribution < 1.29 is 0 Å². The first-order valence-corrected chi connectivity index (χ1v) is 8.72. The predicted molar refractivity (Wildman–Crippen MR) is 98.0 cm³/mol. The van der Waals surface area contributed by atoms with Gasteiger partial charge in [0.25, 0.3) is 0 Å². The summed E-state index contributed by atoms with van der Waals surface area (Å²) in [4.78, 5) is 12.6. The molecule has 6 heteroatoms. The largest absolute Gasteiger partial charge is 0.353 e. The summed E-state index contributed by atoms with van der Waals surface area (Å²) in [5, 5.41) is 4.52. The molecule has 2 heterocycles. The molecule has 0 aliphatic carbocycles. The molecule has 0 unspecified atom stereocenters. The minimum atomic E-state index is 0.472. The third-order valence-electron chi connectivity index (χ3n) is 3.85. The van der Waals surface area contributed by atoms with Gasteiger partial charge in [-0.1, -0.05) is 13.8 Å². The number of hydrogen-bond acceptors (Lipinski definition) is 3. The second-order valence-corrected chi connectivity index (χ2v) is 7.36. The quantitative estimate of drug-likeness (QED) is 0.675. The summed E-state index contributed by atoms with van der Waals surface area (Å²) in [6, 6.07) is 4.19. The van der Waals surface area contributed by atoms with Gasteiger partial charge in [-0.15, -0.1) is 11.3 Å². The summed E-state index contributed by atoms with van der Waals surface area (Å²) in [7, 11) is 5.93. The number of guanidine groups is 1. The van der Waals surface area contributed by atoms with Crippen molar-refractivity contribution in [2.75, 3.05) is 14.1 Å². The van der Waals surface area contributed by atoms with Gasteiger partial charge < -0.3 is 14.8 Å². The van der Waals surface area contributed by atoms with Crippen LogP contribution in [0.25, 0.3) is 0 Å². The van der Waals surface area contributed by atoms with Crippen molar-refractivity contribution >= 4 is 17.3 Å². The molecule has 126 valence electrons. The van der Waals surface area contributed by atoms with Crippen molar-refractivity contribution in [1.29, 1.82) is 0 Å². The summed E-state index contributed by atoms with van der Waals surface area (Å²) in [6.45, 7) is 8.05. The normalized spacial score (nSPS) is 12.0. The van der Waals surface area contributed by atoms with Gasteiger partial charge in [0.1, 0.15) is 5.01 Å². The molecule has 2 aromatic rings. The highest BCUT2D eigenvalue weighted by atomic mass is 32.1. The van der Waals surface area contributed by atoms with Gasteiger partial charge in [-0.05, 0) is 25.0 Å². The van der Waals surface area contributed by atoms with E-state index in [9.17, 15) is 0 Å². The maximum absolute atomic E-state index is 4.74. The molecule has 0 aliphatic rings. The van der Waals surface area contributed by atoms with Crippen molar-refractivity contribution in [3.63, 3.8) is 0 Å². The number of rotatable bonds is 5. The molecule has 0 spiro atoms. The van der Waals surface area contributed by atoms with Crippen LogP contribution in [0.15, 0.2) is 23.3 Å². The minimum absolute atomic E-state index is 0.472. The van der Waals surface area contributed by atoms with Crippen molar-refractivity contribution in [3.8, 4) is 0 Å². The highest BCUT2D eigenvalue weighted by molar-refractivity contribution is 7.11. The Morgan fingerprint density at radius 2 is 2.22 bits per heavy atom. The molecule has 5 nitrogen and oxygen atoms in total. The second kappa shape index (κ2) is 7.64. The Morgan fingerprint density at radius 3 is 2.74 bits per heavy atom. The van der Waals surface area contributed by atoms with Crippen molar-refractivity contribution in [2.45, 2.75) is 39.8 Å². The van der Waals surface area contributed by atoms with E-state index in [4.69, 9.17) is 4.98 Å². The minimum Gasteiger partial charge on any atom is -0.353 e. The van der Waals surface area contributed by atoms with E-state index in [1.54, 1.807) is 11.3 Å². The van der Waals surface area contributed by atoms with Gasteiger partial charge in [0, 0.05) is 37.9 Å². The van der Waals surface area contributed by atoms with E-state index in [0.717, 1.165) is 17.5 Å². The first-order chi connectivity index (χ1) is 10.9. The lowest BCUT2D eigenvalue weighted by atomic mass is 10.1. The van der Waals surface area contributed by atoms with E-state index >= 15 is 0 Å². The van der Waals surface area contributed by atoms with Crippen LogP contribution in [0.5, 0.6) is 0 Å². The maximum Gasteiger partial charge on any atom is 0.194 e. The average molecular weight is 334 g/mol. The highest BCUT2D eigenvalue weighted by Crippen LogP contribution is 2.23. The summed E-state index contributed by atoms with van der Waals surface area (Å²) in [5.74, 6) is 1.35. The molecule has 0 amide bonds. The van der Waals surface area contributed by atoms with Gasteiger partial charge >= 0.3 is 0 Å². The number of thiazole rings is 1. The van der Waals surface area contributed by atoms with Gasteiger partial charge in [-0.2, -0.15) is 0 Å². The van der Waals surface area contributed by atoms with Crippen LogP contribution >= 0.6 is 11.3 Å². The monoisotopic (exact) mass is 333 g/mol. The Hall–Kier alpha value is -1.82. The van der Waals surface area contributed by atoms with E-state index in [0.29, 0.717) is 12.5 Å². The number of nitrogens with one attached hydrogen (secondary N) is 1. The van der Waals surface area contributed by atoms with Crippen LogP contribution in [0.1, 0.15) is 41.0 Å².